The number of ether oxygens (including phenoxy) is 1. The third-order valence-electron chi connectivity index (χ3n) is 4.49. The van der Waals surface area contributed by atoms with Crippen LogP contribution in [0.25, 0.3) is 21.9 Å². The third-order valence-corrected chi connectivity index (χ3v) is 4.49. The predicted octanol–water partition coefficient (Wildman–Crippen LogP) is 4.08. The van der Waals surface area contributed by atoms with Crippen molar-refractivity contribution < 1.29 is 4.74 Å². The van der Waals surface area contributed by atoms with Crippen molar-refractivity contribution in [1.82, 2.24) is 29.9 Å². The van der Waals surface area contributed by atoms with Crippen LogP contribution in [0.3, 0.4) is 0 Å². The van der Waals surface area contributed by atoms with Crippen LogP contribution in [0.4, 0.5) is 11.5 Å². The lowest BCUT2D eigenvalue weighted by Gasteiger charge is -2.05. The first-order chi connectivity index (χ1) is 13.7. The Hall–Kier alpha value is -3.94. The van der Waals surface area contributed by atoms with E-state index in [0.717, 1.165) is 33.2 Å². The Morgan fingerprint density at radius 1 is 1.07 bits per heavy atom. The molecule has 0 unspecified atom stereocenters. The van der Waals surface area contributed by atoms with Gasteiger partial charge in [-0.2, -0.15) is 5.10 Å². The number of hydrogen-bond donors (Lipinski definition) is 2. The first-order valence-corrected chi connectivity index (χ1v) is 8.81. The Kier molecular flexibility index (Phi) is 3.68. The number of aryl methyl sites for hydroxylation is 2. The molecular formula is C20H17N7O. The molecule has 0 radical (unpaired) electrons. The van der Waals surface area contributed by atoms with Gasteiger partial charge in [0.2, 0.25) is 11.8 Å². The number of aromatic nitrogens is 6. The summed E-state index contributed by atoms with van der Waals surface area (Å²) in [5.41, 5.74) is 4.57. The quantitative estimate of drug-likeness (QED) is 0.494. The fraction of sp³-hybridized carbons (Fsp3) is 0.100. The van der Waals surface area contributed by atoms with E-state index in [1.165, 1.54) is 0 Å². The van der Waals surface area contributed by atoms with E-state index in [-0.39, 0.29) is 0 Å². The van der Waals surface area contributed by atoms with Gasteiger partial charge >= 0.3 is 0 Å². The normalized spacial score (nSPS) is 11.2. The monoisotopic (exact) mass is 371 g/mol. The molecule has 0 aliphatic rings. The van der Waals surface area contributed by atoms with E-state index in [2.05, 4.69) is 30.6 Å². The van der Waals surface area contributed by atoms with Crippen molar-refractivity contribution in [1.29, 1.82) is 0 Å². The summed E-state index contributed by atoms with van der Waals surface area (Å²) in [5.74, 6) is 1.72. The molecule has 2 N–H and O–H groups in total. The molecule has 5 aromatic rings. The molecule has 138 valence electrons. The van der Waals surface area contributed by atoms with E-state index in [4.69, 9.17) is 4.74 Å². The Balaban J connectivity index is 1.49. The van der Waals surface area contributed by atoms with Crippen molar-refractivity contribution >= 4 is 33.4 Å². The number of benzene rings is 1. The molecule has 0 fully saturated rings. The number of H-pyrrole nitrogens is 1. The van der Waals surface area contributed by atoms with Crippen molar-refractivity contribution in [2.45, 2.75) is 6.92 Å². The van der Waals surface area contributed by atoms with Gasteiger partial charge in [0.25, 0.3) is 0 Å². The number of aromatic amines is 1. The molecule has 0 bridgehead atoms. The molecule has 0 amide bonds. The van der Waals surface area contributed by atoms with E-state index in [9.17, 15) is 0 Å². The van der Waals surface area contributed by atoms with Crippen molar-refractivity contribution in [3.8, 4) is 11.8 Å². The van der Waals surface area contributed by atoms with Crippen molar-refractivity contribution in [3.63, 3.8) is 0 Å². The molecule has 0 aliphatic carbocycles. The van der Waals surface area contributed by atoms with Crippen LogP contribution in [-0.4, -0.2) is 29.9 Å². The standard InChI is InChI=1S/C20H17N7O/c1-12-7-9-21-17(10-12)28-20-14-6-5-13(11-16(14)27(2)26-20)23-19-18-15(24-25-19)4-3-8-22-18/h3-11H,1-2H3,(H2,23,24,25). The first kappa shape index (κ1) is 16.2. The maximum Gasteiger partial charge on any atom is 0.247 e. The van der Waals surface area contributed by atoms with Gasteiger partial charge in [-0.3, -0.25) is 14.8 Å². The zero-order chi connectivity index (χ0) is 19.1. The van der Waals surface area contributed by atoms with Crippen LogP contribution in [0, 0.1) is 6.92 Å². The van der Waals surface area contributed by atoms with E-state index >= 15 is 0 Å². The lowest BCUT2D eigenvalue weighted by Crippen LogP contribution is -1.94. The molecule has 4 heterocycles. The van der Waals surface area contributed by atoms with Gasteiger partial charge in [0, 0.05) is 31.2 Å². The zero-order valence-electron chi connectivity index (χ0n) is 15.3. The summed E-state index contributed by atoms with van der Waals surface area (Å²) in [6.45, 7) is 2.00. The summed E-state index contributed by atoms with van der Waals surface area (Å²) < 4.78 is 7.69. The fourth-order valence-corrected chi connectivity index (χ4v) is 3.12. The number of nitrogens with one attached hydrogen (secondary N) is 2. The summed E-state index contributed by atoms with van der Waals surface area (Å²) in [6.07, 6.45) is 3.47. The second-order valence-corrected chi connectivity index (χ2v) is 6.53. The van der Waals surface area contributed by atoms with Gasteiger partial charge in [0.05, 0.1) is 16.4 Å². The number of pyridine rings is 2. The van der Waals surface area contributed by atoms with Gasteiger partial charge in [0.15, 0.2) is 5.82 Å². The van der Waals surface area contributed by atoms with Gasteiger partial charge in [-0.1, -0.05) is 0 Å². The minimum Gasteiger partial charge on any atom is -0.418 e. The van der Waals surface area contributed by atoms with E-state index in [0.29, 0.717) is 17.6 Å². The summed E-state index contributed by atoms with van der Waals surface area (Å²) in [6, 6.07) is 13.6. The molecule has 1 aromatic carbocycles. The highest BCUT2D eigenvalue weighted by molar-refractivity contribution is 5.91. The molecule has 0 spiro atoms. The molecule has 0 atom stereocenters. The first-order valence-electron chi connectivity index (χ1n) is 8.81. The Labute approximate surface area is 160 Å². The minimum atomic E-state index is 0.522. The lowest BCUT2D eigenvalue weighted by molar-refractivity contribution is 0.441. The molecule has 5 rings (SSSR count). The van der Waals surface area contributed by atoms with E-state index in [1.54, 1.807) is 17.1 Å². The van der Waals surface area contributed by atoms with Gasteiger partial charge in [0.1, 0.15) is 5.52 Å². The number of anilines is 2. The van der Waals surface area contributed by atoms with Crippen LogP contribution < -0.4 is 10.1 Å². The van der Waals surface area contributed by atoms with E-state index < -0.39 is 0 Å². The summed E-state index contributed by atoms with van der Waals surface area (Å²) in [7, 11) is 1.88. The van der Waals surface area contributed by atoms with Crippen molar-refractivity contribution in [2.75, 3.05) is 5.32 Å². The third kappa shape index (κ3) is 2.81. The molecule has 0 saturated heterocycles. The zero-order valence-corrected chi connectivity index (χ0v) is 15.3. The summed E-state index contributed by atoms with van der Waals surface area (Å²) in [4.78, 5) is 8.62. The Bertz CT molecular complexity index is 1300. The molecule has 0 saturated carbocycles. The Morgan fingerprint density at radius 3 is 2.89 bits per heavy atom. The van der Waals surface area contributed by atoms with Gasteiger partial charge < -0.3 is 10.1 Å². The van der Waals surface area contributed by atoms with Gasteiger partial charge in [-0.05, 0) is 48.9 Å². The summed E-state index contributed by atoms with van der Waals surface area (Å²) >= 11 is 0. The number of fused-ring (bicyclic) bond motifs is 2. The van der Waals surface area contributed by atoms with Crippen LogP contribution in [0.5, 0.6) is 11.8 Å². The number of nitrogens with zero attached hydrogens (tertiary/aromatic N) is 5. The van der Waals surface area contributed by atoms with Crippen LogP contribution in [0.15, 0.2) is 54.9 Å². The fourth-order valence-electron chi connectivity index (χ4n) is 3.12. The summed E-state index contributed by atoms with van der Waals surface area (Å²) in [5, 5.41) is 16.0. The van der Waals surface area contributed by atoms with Crippen LogP contribution in [0.1, 0.15) is 5.56 Å². The van der Waals surface area contributed by atoms with Crippen molar-refractivity contribution in [2.24, 2.45) is 7.05 Å². The highest BCUT2D eigenvalue weighted by Crippen LogP contribution is 2.31. The lowest BCUT2D eigenvalue weighted by atomic mass is 10.2. The highest BCUT2D eigenvalue weighted by Gasteiger charge is 2.13. The molecule has 28 heavy (non-hydrogen) atoms. The number of hydrogen-bond acceptors (Lipinski definition) is 6. The largest absolute Gasteiger partial charge is 0.418 e. The smallest absolute Gasteiger partial charge is 0.247 e. The molecule has 4 aromatic heterocycles. The molecule has 8 nitrogen and oxygen atoms in total. The average molecular weight is 371 g/mol. The van der Waals surface area contributed by atoms with E-state index in [1.807, 2.05) is 56.4 Å². The molecular weight excluding hydrogens is 354 g/mol. The van der Waals surface area contributed by atoms with Crippen LogP contribution in [0.2, 0.25) is 0 Å². The Morgan fingerprint density at radius 2 is 2.00 bits per heavy atom. The predicted molar refractivity (Wildman–Crippen MR) is 107 cm³/mol. The van der Waals surface area contributed by atoms with Crippen LogP contribution >= 0.6 is 0 Å². The molecule has 0 aliphatic heterocycles. The second kappa shape index (κ2) is 6.34. The SMILES string of the molecule is Cc1ccnc(Oc2nn(C)c3cc(Nc4n[nH]c5cccnc45)ccc23)c1. The second-order valence-electron chi connectivity index (χ2n) is 6.53. The maximum atomic E-state index is 5.91. The van der Waals surface area contributed by atoms with Gasteiger partial charge in [-0.15, -0.1) is 5.10 Å². The van der Waals surface area contributed by atoms with Crippen molar-refractivity contribution in [3.05, 3.63) is 60.4 Å². The average Bonchev–Trinajstić information content (AvgIpc) is 3.23. The minimum absolute atomic E-state index is 0.522. The topological polar surface area (TPSA) is 93.5 Å². The van der Waals surface area contributed by atoms with Crippen LogP contribution in [-0.2, 0) is 7.05 Å². The highest BCUT2D eigenvalue weighted by atomic mass is 16.5. The molecule has 8 heteroatoms. The maximum absolute atomic E-state index is 5.91. The van der Waals surface area contributed by atoms with Gasteiger partial charge in [-0.25, -0.2) is 4.98 Å². The number of rotatable bonds is 4.